The Morgan fingerprint density at radius 3 is 1.86 bits per heavy atom. The molecule has 0 radical (unpaired) electrons. The minimum absolute atomic E-state index is 0.0189. The molecule has 1 aromatic carbocycles. The summed E-state index contributed by atoms with van der Waals surface area (Å²) >= 11 is 0. The predicted octanol–water partition coefficient (Wildman–Crippen LogP) is 4.07. The number of carbonyl (C=O) groups excluding carboxylic acids is 2. The van der Waals surface area contributed by atoms with Crippen molar-refractivity contribution in [3.63, 3.8) is 0 Å². The Hall–Kier alpha value is -2.45. The number of ether oxygens (including phenoxy) is 2. The molecule has 0 atom stereocenters. The molecule has 0 saturated carbocycles. The van der Waals surface area contributed by atoms with E-state index in [0.29, 0.717) is 0 Å². The lowest BCUT2D eigenvalue weighted by Crippen LogP contribution is -2.69. The Bertz CT molecular complexity index is 755. The van der Waals surface area contributed by atoms with Crippen LogP contribution in [0.4, 0.5) is 22.8 Å². The van der Waals surface area contributed by atoms with Crippen molar-refractivity contribution in [3.8, 4) is 0 Å². The number of amides is 2. The second kappa shape index (κ2) is 7.18. The van der Waals surface area contributed by atoms with E-state index in [4.69, 9.17) is 9.47 Å². The number of hydrogen-bond acceptors (Lipinski definition) is 4. The Labute approximate surface area is 162 Å². The Morgan fingerprint density at radius 1 is 0.964 bits per heavy atom. The van der Waals surface area contributed by atoms with E-state index in [1.807, 2.05) is 0 Å². The fourth-order valence-electron chi connectivity index (χ4n) is 2.73. The largest absolute Gasteiger partial charge is 0.444 e. The highest BCUT2D eigenvalue weighted by atomic mass is 19.2. The van der Waals surface area contributed by atoms with E-state index in [1.165, 1.54) is 4.90 Å². The van der Waals surface area contributed by atoms with Crippen LogP contribution in [0.2, 0.25) is 0 Å². The summed E-state index contributed by atoms with van der Waals surface area (Å²) < 4.78 is 51.3. The van der Waals surface area contributed by atoms with Gasteiger partial charge in [-0.05, 0) is 59.2 Å². The average molecular weight is 402 g/mol. The highest BCUT2D eigenvalue weighted by molar-refractivity contribution is 5.73. The number of hydrogen-bond donors (Lipinski definition) is 1. The van der Waals surface area contributed by atoms with Crippen LogP contribution in [-0.2, 0) is 15.0 Å². The third-order valence-electron chi connectivity index (χ3n) is 3.85. The number of carbonyl (C=O) groups is 2. The molecule has 0 unspecified atom stereocenters. The molecule has 9 heteroatoms. The highest BCUT2D eigenvalue weighted by Crippen LogP contribution is 2.35. The van der Waals surface area contributed by atoms with Gasteiger partial charge in [-0.25, -0.2) is 22.8 Å². The third-order valence-corrected chi connectivity index (χ3v) is 3.85. The number of alkyl carbamates (subject to hydrolysis) is 1. The van der Waals surface area contributed by atoms with Crippen LogP contribution in [-0.4, -0.2) is 41.4 Å². The molecule has 0 aliphatic carbocycles. The van der Waals surface area contributed by atoms with E-state index in [2.05, 4.69) is 5.32 Å². The van der Waals surface area contributed by atoms with E-state index in [9.17, 15) is 22.8 Å². The van der Waals surface area contributed by atoms with Gasteiger partial charge in [-0.1, -0.05) is 0 Å². The summed E-state index contributed by atoms with van der Waals surface area (Å²) in [5, 5.41) is 2.56. The summed E-state index contributed by atoms with van der Waals surface area (Å²) in [6.45, 7) is 9.82. The van der Waals surface area contributed by atoms with Crippen LogP contribution in [0.5, 0.6) is 0 Å². The van der Waals surface area contributed by atoms with Gasteiger partial charge in [0.1, 0.15) is 16.7 Å². The average Bonchev–Trinajstić information content (AvgIpc) is 2.43. The minimum Gasteiger partial charge on any atom is -0.444 e. The Morgan fingerprint density at radius 2 is 1.43 bits per heavy atom. The van der Waals surface area contributed by atoms with Crippen molar-refractivity contribution >= 4 is 12.2 Å². The molecule has 1 aliphatic heterocycles. The van der Waals surface area contributed by atoms with E-state index >= 15 is 0 Å². The van der Waals surface area contributed by atoms with E-state index in [-0.39, 0.29) is 18.7 Å². The lowest BCUT2D eigenvalue weighted by atomic mass is 9.82. The lowest BCUT2D eigenvalue weighted by molar-refractivity contribution is -0.0231. The van der Waals surface area contributed by atoms with Crippen molar-refractivity contribution in [1.29, 1.82) is 0 Å². The van der Waals surface area contributed by atoms with Crippen LogP contribution in [0.1, 0.15) is 47.1 Å². The van der Waals surface area contributed by atoms with E-state index < -0.39 is 46.4 Å². The second-order valence-corrected chi connectivity index (χ2v) is 8.80. The first kappa shape index (κ1) is 21.8. The standard InChI is InChI=1S/C19H25F3N2O4/c1-17(2,3)27-15(25)23-19(11-7-12(20)14(22)13(21)8-11)9-24(10-19)16(26)28-18(4,5)6/h7-8H,9-10H2,1-6H3,(H,23,25). The van der Waals surface area contributed by atoms with Crippen molar-refractivity contribution in [2.45, 2.75) is 58.3 Å². The van der Waals surface area contributed by atoms with Gasteiger partial charge in [-0.2, -0.15) is 0 Å². The topological polar surface area (TPSA) is 67.9 Å². The van der Waals surface area contributed by atoms with Gasteiger partial charge in [0, 0.05) is 0 Å². The van der Waals surface area contributed by atoms with Gasteiger partial charge in [-0.3, -0.25) is 0 Å². The summed E-state index contributed by atoms with van der Waals surface area (Å²) in [5.41, 5.74) is -2.90. The SMILES string of the molecule is CC(C)(C)OC(=O)NC1(c2cc(F)c(F)c(F)c2)CN(C(=O)OC(C)(C)C)C1. The molecule has 0 aromatic heterocycles. The molecule has 1 heterocycles. The fourth-order valence-corrected chi connectivity index (χ4v) is 2.73. The zero-order chi connectivity index (χ0) is 21.5. The molecule has 1 saturated heterocycles. The smallest absolute Gasteiger partial charge is 0.410 e. The normalized spacial score (nSPS) is 16.2. The summed E-state index contributed by atoms with van der Waals surface area (Å²) in [5.74, 6) is -4.40. The van der Waals surface area contributed by atoms with Crippen molar-refractivity contribution in [1.82, 2.24) is 10.2 Å². The molecule has 1 fully saturated rings. The molecule has 28 heavy (non-hydrogen) atoms. The summed E-state index contributed by atoms with van der Waals surface area (Å²) in [6, 6.07) is 1.59. The first-order valence-electron chi connectivity index (χ1n) is 8.76. The summed E-state index contributed by atoms with van der Waals surface area (Å²) in [4.78, 5) is 25.7. The van der Waals surface area contributed by atoms with Crippen LogP contribution in [0.3, 0.4) is 0 Å². The van der Waals surface area contributed by atoms with Crippen molar-refractivity contribution in [3.05, 3.63) is 35.1 Å². The Kier molecular flexibility index (Phi) is 5.60. The number of nitrogens with zero attached hydrogens (tertiary/aromatic N) is 1. The quantitative estimate of drug-likeness (QED) is 0.757. The molecular weight excluding hydrogens is 377 g/mol. The minimum atomic E-state index is -1.61. The van der Waals surface area contributed by atoms with Gasteiger partial charge in [0.05, 0.1) is 13.1 Å². The van der Waals surface area contributed by atoms with Gasteiger partial charge in [-0.15, -0.1) is 0 Å². The van der Waals surface area contributed by atoms with Crippen molar-refractivity contribution in [2.24, 2.45) is 0 Å². The number of rotatable bonds is 2. The number of halogens is 3. The van der Waals surface area contributed by atoms with Gasteiger partial charge in [0.25, 0.3) is 0 Å². The van der Waals surface area contributed by atoms with Gasteiger partial charge in [0.15, 0.2) is 17.5 Å². The van der Waals surface area contributed by atoms with E-state index in [0.717, 1.165) is 12.1 Å². The maximum Gasteiger partial charge on any atom is 0.410 e. The fraction of sp³-hybridized carbons (Fsp3) is 0.579. The van der Waals surface area contributed by atoms with Gasteiger partial charge in [0.2, 0.25) is 0 Å². The molecule has 156 valence electrons. The van der Waals surface area contributed by atoms with Crippen LogP contribution >= 0.6 is 0 Å². The predicted molar refractivity (Wildman–Crippen MR) is 95.2 cm³/mol. The summed E-state index contributed by atoms with van der Waals surface area (Å²) in [6.07, 6.45) is -1.47. The van der Waals surface area contributed by atoms with E-state index in [1.54, 1.807) is 41.5 Å². The van der Waals surface area contributed by atoms with Crippen molar-refractivity contribution < 1.29 is 32.2 Å². The first-order valence-corrected chi connectivity index (χ1v) is 8.76. The maximum absolute atomic E-state index is 13.8. The number of likely N-dealkylation sites (tertiary alicyclic amines) is 1. The number of nitrogens with one attached hydrogen (secondary N) is 1. The molecule has 6 nitrogen and oxygen atoms in total. The van der Waals surface area contributed by atoms with Crippen LogP contribution in [0.15, 0.2) is 12.1 Å². The molecule has 2 rings (SSSR count). The zero-order valence-corrected chi connectivity index (χ0v) is 16.8. The summed E-state index contributed by atoms with van der Waals surface area (Å²) in [7, 11) is 0. The third kappa shape index (κ3) is 5.08. The van der Waals surface area contributed by atoms with Crippen LogP contribution in [0, 0.1) is 17.5 Å². The molecule has 0 spiro atoms. The lowest BCUT2D eigenvalue weighted by Gasteiger charge is -2.50. The first-order chi connectivity index (χ1) is 12.6. The highest BCUT2D eigenvalue weighted by Gasteiger charge is 2.50. The number of benzene rings is 1. The van der Waals surface area contributed by atoms with Crippen LogP contribution < -0.4 is 5.32 Å². The molecule has 0 bridgehead atoms. The van der Waals surface area contributed by atoms with Crippen molar-refractivity contribution in [2.75, 3.05) is 13.1 Å². The maximum atomic E-state index is 13.8. The zero-order valence-electron chi connectivity index (χ0n) is 16.8. The van der Waals surface area contributed by atoms with Gasteiger partial charge < -0.3 is 19.7 Å². The molecule has 1 aliphatic rings. The molecule has 1 aromatic rings. The second-order valence-electron chi connectivity index (χ2n) is 8.80. The molecule has 1 N–H and O–H groups in total. The monoisotopic (exact) mass is 402 g/mol. The van der Waals surface area contributed by atoms with Crippen LogP contribution in [0.25, 0.3) is 0 Å². The molecular formula is C19H25F3N2O4. The Balaban J connectivity index is 2.29. The molecule has 2 amide bonds. The van der Waals surface area contributed by atoms with Gasteiger partial charge >= 0.3 is 12.2 Å².